The molecule has 0 amide bonds. The number of anilines is 1. The van der Waals surface area contributed by atoms with Gasteiger partial charge in [0.1, 0.15) is 0 Å². The molecule has 0 fully saturated rings. The molecule has 5 heteroatoms. The number of thiazole rings is 1. The van der Waals surface area contributed by atoms with Crippen LogP contribution in [0.1, 0.15) is 5.56 Å². The number of hydrogen-bond donors (Lipinski definition) is 1. The van der Waals surface area contributed by atoms with Gasteiger partial charge in [0.25, 0.3) is 0 Å². The third-order valence-corrected chi connectivity index (χ3v) is 4.80. The van der Waals surface area contributed by atoms with Crippen molar-refractivity contribution in [2.24, 2.45) is 5.10 Å². The molecule has 0 saturated heterocycles. The van der Waals surface area contributed by atoms with Crippen LogP contribution >= 0.6 is 11.3 Å². The molecule has 0 spiro atoms. The predicted molar refractivity (Wildman–Crippen MR) is 108 cm³/mol. The molecule has 0 atom stereocenters. The van der Waals surface area contributed by atoms with Crippen molar-refractivity contribution in [1.29, 1.82) is 0 Å². The maximum absolute atomic E-state index is 4.77. The van der Waals surface area contributed by atoms with Crippen molar-refractivity contribution in [2.75, 3.05) is 5.43 Å². The van der Waals surface area contributed by atoms with Crippen LogP contribution in [0.4, 0.5) is 5.13 Å². The van der Waals surface area contributed by atoms with Gasteiger partial charge >= 0.3 is 0 Å². The molecule has 4 nitrogen and oxygen atoms in total. The zero-order valence-electron chi connectivity index (χ0n) is 13.9. The third-order valence-electron chi connectivity index (χ3n) is 3.79. The van der Waals surface area contributed by atoms with Crippen LogP contribution in [0.15, 0.2) is 90.3 Å². The standard InChI is InChI=1S/C21H16N4S/c1-3-7-17(8-4-1)19-20(18-9-5-2-6-10-18)26-21(24-19)25-23-15-16-11-13-22-14-12-16/h1-15H,(H,24,25)/b23-15-. The van der Waals surface area contributed by atoms with Crippen molar-refractivity contribution in [2.45, 2.75) is 0 Å². The summed E-state index contributed by atoms with van der Waals surface area (Å²) in [5.74, 6) is 0. The monoisotopic (exact) mass is 356 g/mol. The van der Waals surface area contributed by atoms with Crippen molar-refractivity contribution in [3.63, 3.8) is 0 Å². The Morgan fingerprint density at radius 1 is 0.808 bits per heavy atom. The summed E-state index contributed by atoms with van der Waals surface area (Å²) < 4.78 is 0. The number of aromatic nitrogens is 2. The fourth-order valence-corrected chi connectivity index (χ4v) is 3.50. The first kappa shape index (κ1) is 16.2. The van der Waals surface area contributed by atoms with Gasteiger partial charge in [-0.25, -0.2) is 4.98 Å². The zero-order chi connectivity index (χ0) is 17.6. The lowest BCUT2D eigenvalue weighted by Crippen LogP contribution is -1.90. The Morgan fingerprint density at radius 2 is 1.46 bits per heavy atom. The topological polar surface area (TPSA) is 50.2 Å². The highest BCUT2D eigenvalue weighted by Crippen LogP contribution is 2.38. The molecule has 0 radical (unpaired) electrons. The summed E-state index contributed by atoms with van der Waals surface area (Å²) in [5, 5.41) is 5.06. The molecule has 1 N–H and O–H groups in total. The average Bonchev–Trinajstić information content (AvgIpc) is 3.14. The molecule has 126 valence electrons. The van der Waals surface area contributed by atoms with Crippen LogP contribution in [-0.4, -0.2) is 16.2 Å². The number of nitrogens with one attached hydrogen (secondary N) is 1. The minimum Gasteiger partial charge on any atom is -0.265 e. The van der Waals surface area contributed by atoms with Crippen LogP contribution in [0.5, 0.6) is 0 Å². The second-order valence-corrected chi connectivity index (χ2v) is 6.58. The summed E-state index contributed by atoms with van der Waals surface area (Å²) >= 11 is 1.59. The SMILES string of the molecule is C(=N/Nc1nc(-c2ccccc2)c(-c2ccccc2)s1)/c1ccncc1. The molecule has 4 rings (SSSR count). The Hall–Kier alpha value is -3.31. The molecule has 26 heavy (non-hydrogen) atoms. The highest BCUT2D eigenvalue weighted by atomic mass is 32.1. The largest absolute Gasteiger partial charge is 0.265 e. The second-order valence-electron chi connectivity index (χ2n) is 5.58. The Morgan fingerprint density at radius 3 is 2.15 bits per heavy atom. The molecule has 0 aliphatic rings. The second kappa shape index (κ2) is 7.72. The lowest BCUT2D eigenvalue weighted by atomic mass is 10.1. The van der Waals surface area contributed by atoms with Crippen molar-refractivity contribution in [3.8, 4) is 21.7 Å². The molecule has 2 heterocycles. The Balaban J connectivity index is 1.66. The number of rotatable bonds is 5. The summed E-state index contributed by atoms with van der Waals surface area (Å²) in [7, 11) is 0. The lowest BCUT2D eigenvalue weighted by molar-refractivity contribution is 1.28. The van der Waals surface area contributed by atoms with E-state index in [9.17, 15) is 0 Å². The van der Waals surface area contributed by atoms with Gasteiger partial charge in [-0.15, -0.1) is 0 Å². The van der Waals surface area contributed by atoms with Gasteiger partial charge in [-0.2, -0.15) is 5.10 Å². The molecule has 0 bridgehead atoms. The highest BCUT2D eigenvalue weighted by Gasteiger charge is 2.14. The van der Waals surface area contributed by atoms with Crippen molar-refractivity contribution in [3.05, 3.63) is 90.8 Å². The first-order valence-electron chi connectivity index (χ1n) is 8.21. The molecular weight excluding hydrogens is 340 g/mol. The van der Waals surface area contributed by atoms with Crippen LogP contribution in [-0.2, 0) is 0 Å². The zero-order valence-corrected chi connectivity index (χ0v) is 14.7. The van der Waals surface area contributed by atoms with E-state index in [1.54, 1.807) is 29.9 Å². The number of hydrogen-bond acceptors (Lipinski definition) is 5. The summed E-state index contributed by atoms with van der Waals surface area (Å²) in [5.41, 5.74) is 7.23. The van der Waals surface area contributed by atoms with Crippen molar-refractivity contribution < 1.29 is 0 Å². The van der Waals surface area contributed by atoms with Gasteiger partial charge in [-0.1, -0.05) is 72.0 Å². The van der Waals surface area contributed by atoms with E-state index in [2.05, 4.69) is 39.8 Å². The van der Waals surface area contributed by atoms with Crippen LogP contribution in [0.3, 0.4) is 0 Å². The molecule has 0 aliphatic carbocycles. The number of pyridine rings is 1. The fraction of sp³-hybridized carbons (Fsp3) is 0. The Kier molecular flexibility index (Phi) is 4.80. The normalized spacial score (nSPS) is 10.9. The van der Waals surface area contributed by atoms with E-state index in [0.29, 0.717) is 0 Å². The summed E-state index contributed by atoms with van der Waals surface area (Å²) in [6.45, 7) is 0. The van der Waals surface area contributed by atoms with E-state index < -0.39 is 0 Å². The molecule has 4 aromatic rings. The van der Waals surface area contributed by atoms with Gasteiger partial charge < -0.3 is 0 Å². The van der Waals surface area contributed by atoms with Crippen LogP contribution in [0.2, 0.25) is 0 Å². The number of nitrogens with zero attached hydrogens (tertiary/aromatic N) is 3. The van der Waals surface area contributed by atoms with E-state index in [-0.39, 0.29) is 0 Å². The van der Waals surface area contributed by atoms with E-state index in [1.165, 1.54) is 0 Å². The van der Waals surface area contributed by atoms with Crippen LogP contribution in [0, 0.1) is 0 Å². The minimum atomic E-state index is 0.757. The summed E-state index contributed by atoms with van der Waals surface area (Å²) in [6.07, 6.45) is 5.24. The number of hydrazone groups is 1. The Bertz CT molecular complexity index is 939. The molecule has 2 aromatic carbocycles. The van der Waals surface area contributed by atoms with Gasteiger partial charge in [0.2, 0.25) is 5.13 Å². The van der Waals surface area contributed by atoms with Crippen molar-refractivity contribution >= 4 is 22.7 Å². The van der Waals surface area contributed by atoms with Crippen LogP contribution in [0.25, 0.3) is 21.7 Å². The van der Waals surface area contributed by atoms with E-state index in [0.717, 1.165) is 32.4 Å². The smallest absolute Gasteiger partial charge is 0.204 e. The predicted octanol–water partition coefficient (Wildman–Crippen LogP) is 5.32. The summed E-state index contributed by atoms with van der Waals surface area (Å²) in [4.78, 5) is 9.89. The van der Waals surface area contributed by atoms with E-state index in [1.807, 2.05) is 48.5 Å². The minimum absolute atomic E-state index is 0.757. The quantitative estimate of drug-likeness (QED) is 0.389. The van der Waals surface area contributed by atoms with Gasteiger partial charge in [0, 0.05) is 18.0 Å². The first-order valence-corrected chi connectivity index (χ1v) is 9.02. The molecule has 0 unspecified atom stereocenters. The van der Waals surface area contributed by atoms with Gasteiger partial charge in [0.15, 0.2) is 0 Å². The average molecular weight is 356 g/mol. The van der Waals surface area contributed by atoms with Gasteiger partial charge in [0.05, 0.1) is 16.8 Å². The first-order chi connectivity index (χ1) is 12.9. The van der Waals surface area contributed by atoms with E-state index in [4.69, 9.17) is 4.98 Å². The van der Waals surface area contributed by atoms with E-state index >= 15 is 0 Å². The maximum atomic E-state index is 4.77. The van der Waals surface area contributed by atoms with Gasteiger partial charge in [-0.3, -0.25) is 10.4 Å². The molecular formula is C21H16N4S. The lowest BCUT2D eigenvalue weighted by Gasteiger charge is -2.02. The summed E-state index contributed by atoms with van der Waals surface area (Å²) in [6, 6.07) is 24.3. The molecule has 0 saturated carbocycles. The highest BCUT2D eigenvalue weighted by molar-refractivity contribution is 7.19. The number of benzene rings is 2. The Labute approximate surface area is 155 Å². The molecule has 2 aromatic heterocycles. The maximum Gasteiger partial charge on any atom is 0.204 e. The molecule has 0 aliphatic heterocycles. The van der Waals surface area contributed by atoms with Gasteiger partial charge in [-0.05, 0) is 23.3 Å². The fourth-order valence-electron chi connectivity index (χ4n) is 2.56. The van der Waals surface area contributed by atoms with Crippen molar-refractivity contribution in [1.82, 2.24) is 9.97 Å². The third kappa shape index (κ3) is 3.68. The van der Waals surface area contributed by atoms with Crippen LogP contribution < -0.4 is 5.43 Å².